The molecule has 0 aliphatic rings. The summed E-state index contributed by atoms with van der Waals surface area (Å²) in [7, 11) is 0. The number of fused-ring (bicyclic) bond motifs is 1. The molecule has 3 rings (SSSR count). The maximum absolute atomic E-state index is 12.1. The molecule has 122 valence electrons. The summed E-state index contributed by atoms with van der Waals surface area (Å²) >= 11 is 2.79. The van der Waals surface area contributed by atoms with E-state index >= 15 is 0 Å². The van der Waals surface area contributed by atoms with Crippen LogP contribution in [0, 0.1) is 17.0 Å². The Morgan fingerprint density at radius 3 is 3.00 bits per heavy atom. The van der Waals surface area contributed by atoms with Gasteiger partial charge < -0.3 is 5.32 Å². The van der Waals surface area contributed by atoms with Crippen LogP contribution >= 0.6 is 23.1 Å². The predicted molar refractivity (Wildman–Crippen MR) is 94.6 cm³/mol. The monoisotopic (exact) mass is 360 g/mol. The van der Waals surface area contributed by atoms with E-state index in [0.29, 0.717) is 0 Å². The Morgan fingerprint density at radius 1 is 1.38 bits per heavy atom. The maximum atomic E-state index is 12.1. The van der Waals surface area contributed by atoms with Crippen molar-refractivity contribution in [3.8, 4) is 0 Å². The number of nitrogens with one attached hydrogen (secondary N) is 1. The van der Waals surface area contributed by atoms with Crippen molar-refractivity contribution >= 4 is 50.6 Å². The summed E-state index contributed by atoms with van der Waals surface area (Å²) < 4.78 is 0.927. The summed E-state index contributed by atoms with van der Waals surface area (Å²) in [6.07, 6.45) is 1.46. The van der Waals surface area contributed by atoms with Crippen LogP contribution in [0.1, 0.15) is 5.56 Å². The van der Waals surface area contributed by atoms with Gasteiger partial charge in [0.2, 0.25) is 5.91 Å². The van der Waals surface area contributed by atoms with Crippen molar-refractivity contribution < 1.29 is 9.72 Å². The Bertz CT molecular complexity index is 926. The van der Waals surface area contributed by atoms with E-state index in [2.05, 4.69) is 15.3 Å². The second kappa shape index (κ2) is 6.93. The van der Waals surface area contributed by atoms with Crippen molar-refractivity contribution in [1.82, 2.24) is 9.97 Å². The van der Waals surface area contributed by atoms with Crippen LogP contribution < -0.4 is 5.32 Å². The highest BCUT2D eigenvalue weighted by Gasteiger charge is 2.16. The molecule has 9 heteroatoms. The summed E-state index contributed by atoms with van der Waals surface area (Å²) in [5.41, 5.74) is 1.68. The van der Waals surface area contributed by atoms with E-state index in [1.54, 1.807) is 13.0 Å². The Hall–Kier alpha value is -2.52. The first-order valence-corrected chi connectivity index (χ1v) is 8.77. The number of aromatic nitrogens is 2. The number of thioether (sulfide) groups is 1. The largest absolute Gasteiger partial charge is 0.320 e. The van der Waals surface area contributed by atoms with Crippen LogP contribution in [0.3, 0.4) is 0 Å². The van der Waals surface area contributed by atoms with Gasteiger partial charge in [0.15, 0.2) is 0 Å². The highest BCUT2D eigenvalue weighted by atomic mass is 32.2. The number of thiophene rings is 1. The lowest BCUT2D eigenvalue weighted by Gasteiger charge is -2.06. The van der Waals surface area contributed by atoms with E-state index in [9.17, 15) is 14.9 Å². The fourth-order valence-electron chi connectivity index (χ4n) is 2.09. The molecule has 1 aromatic carbocycles. The predicted octanol–water partition coefficient (Wildman–Crippen LogP) is 3.64. The molecular weight excluding hydrogens is 348 g/mol. The van der Waals surface area contributed by atoms with Gasteiger partial charge in [0, 0.05) is 6.07 Å². The maximum Gasteiger partial charge on any atom is 0.293 e. The van der Waals surface area contributed by atoms with Crippen molar-refractivity contribution in [2.75, 3.05) is 11.1 Å². The lowest BCUT2D eigenvalue weighted by Crippen LogP contribution is -2.15. The van der Waals surface area contributed by atoms with Gasteiger partial charge in [-0.05, 0) is 30.0 Å². The topological polar surface area (TPSA) is 98.0 Å². The third kappa shape index (κ3) is 3.52. The molecule has 0 saturated carbocycles. The van der Waals surface area contributed by atoms with Crippen molar-refractivity contribution in [3.63, 3.8) is 0 Å². The van der Waals surface area contributed by atoms with E-state index in [-0.39, 0.29) is 23.0 Å². The summed E-state index contributed by atoms with van der Waals surface area (Å²) in [4.78, 5) is 31.0. The van der Waals surface area contributed by atoms with E-state index < -0.39 is 4.92 Å². The Labute approximate surface area is 145 Å². The first-order valence-electron chi connectivity index (χ1n) is 6.90. The second-order valence-corrected chi connectivity index (χ2v) is 6.81. The zero-order chi connectivity index (χ0) is 17.1. The molecule has 2 aromatic heterocycles. The average molecular weight is 360 g/mol. The molecule has 0 fully saturated rings. The molecule has 0 atom stereocenters. The third-order valence-corrected chi connectivity index (χ3v) is 5.20. The van der Waals surface area contributed by atoms with Crippen LogP contribution in [0.2, 0.25) is 0 Å². The van der Waals surface area contributed by atoms with Crippen LogP contribution in [0.15, 0.2) is 41.0 Å². The Kier molecular flexibility index (Phi) is 4.72. The molecule has 1 amide bonds. The highest BCUT2D eigenvalue weighted by molar-refractivity contribution is 8.00. The van der Waals surface area contributed by atoms with Crippen LogP contribution in [0.5, 0.6) is 0 Å². The number of amides is 1. The van der Waals surface area contributed by atoms with Crippen molar-refractivity contribution in [2.24, 2.45) is 0 Å². The van der Waals surface area contributed by atoms with Crippen LogP contribution in [0.4, 0.5) is 11.4 Å². The summed E-state index contributed by atoms with van der Waals surface area (Å²) in [6, 6.07) is 6.58. The van der Waals surface area contributed by atoms with Gasteiger partial charge in [-0.15, -0.1) is 11.3 Å². The number of benzene rings is 1. The smallest absolute Gasteiger partial charge is 0.293 e. The van der Waals surface area contributed by atoms with E-state index in [4.69, 9.17) is 0 Å². The van der Waals surface area contributed by atoms with Gasteiger partial charge in [0.05, 0.1) is 20.9 Å². The number of nitro groups is 1. The molecule has 0 saturated heterocycles. The number of carbonyl (C=O) groups excluding carboxylic acids is 1. The molecular formula is C15H12N4O3S2. The van der Waals surface area contributed by atoms with Gasteiger partial charge in [-0.2, -0.15) is 0 Å². The SMILES string of the molecule is Cc1ccc(NC(=O)CSc2ncnc3ccsc23)c([N+](=O)[O-])c1. The molecule has 0 spiro atoms. The zero-order valence-corrected chi connectivity index (χ0v) is 14.2. The van der Waals surface area contributed by atoms with E-state index in [0.717, 1.165) is 20.8 Å². The second-order valence-electron chi connectivity index (χ2n) is 4.93. The highest BCUT2D eigenvalue weighted by Crippen LogP contribution is 2.29. The molecule has 0 aliphatic carbocycles. The normalized spacial score (nSPS) is 10.7. The van der Waals surface area contributed by atoms with Crippen LogP contribution in [-0.4, -0.2) is 26.6 Å². The van der Waals surface area contributed by atoms with Crippen molar-refractivity contribution in [2.45, 2.75) is 11.9 Å². The quantitative estimate of drug-likeness (QED) is 0.323. The van der Waals surface area contributed by atoms with E-state index in [1.165, 1.54) is 41.6 Å². The molecule has 0 aliphatic heterocycles. The number of hydrogen-bond donors (Lipinski definition) is 1. The van der Waals surface area contributed by atoms with Crippen molar-refractivity contribution in [3.05, 3.63) is 51.7 Å². The summed E-state index contributed by atoms with van der Waals surface area (Å²) in [5.74, 6) is -0.218. The summed E-state index contributed by atoms with van der Waals surface area (Å²) in [6.45, 7) is 1.76. The van der Waals surface area contributed by atoms with Gasteiger partial charge in [-0.25, -0.2) is 9.97 Å². The van der Waals surface area contributed by atoms with Crippen LogP contribution in [0.25, 0.3) is 10.2 Å². The summed E-state index contributed by atoms with van der Waals surface area (Å²) in [5, 5.41) is 16.3. The fraction of sp³-hybridized carbons (Fsp3) is 0.133. The minimum Gasteiger partial charge on any atom is -0.320 e. The number of nitrogens with zero attached hydrogens (tertiary/aromatic N) is 3. The van der Waals surface area contributed by atoms with E-state index in [1.807, 2.05) is 11.4 Å². The van der Waals surface area contributed by atoms with Gasteiger partial charge in [-0.1, -0.05) is 17.8 Å². The third-order valence-electron chi connectivity index (χ3n) is 3.17. The molecule has 0 bridgehead atoms. The number of rotatable bonds is 5. The van der Waals surface area contributed by atoms with Gasteiger partial charge >= 0.3 is 0 Å². The Balaban J connectivity index is 1.70. The molecule has 2 heterocycles. The van der Waals surface area contributed by atoms with Gasteiger partial charge in [0.25, 0.3) is 5.69 Å². The zero-order valence-electron chi connectivity index (χ0n) is 12.6. The molecule has 24 heavy (non-hydrogen) atoms. The fourth-order valence-corrected chi connectivity index (χ4v) is 3.83. The van der Waals surface area contributed by atoms with Crippen molar-refractivity contribution in [1.29, 1.82) is 0 Å². The number of nitro benzene ring substituents is 1. The van der Waals surface area contributed by atoms with Gasteiger partial charge in [0.1, 0.15) is 17.0 Å². The minimum atomic E-state index is -0.505. The average Bonchev–Trinajstić information content (AvgIpc) is 3.03. The molecule has 1 N–H and O–H groups in total. The number of hydrogen-bond acceptors (Lipinski definition) is 7. The molecule has 0 unspecified atom stereocenters. The molecule has 7 nitrogen and oxygen atoms in total. The lowest BCUT2D eigenvalue weighted by atomic mass is 10.2. The first kappa shape index (κ1) is 16.3. The minimum absolute atomic E-state index is 0.106. The number of anilines is 1. The first-order chi connectivity index (χ1) is 11.5. The Morgan fingerprint density at radius 2 is 2.21 bits per heavy atom. The number of carbonyl (C=O) groups is 1. The molecule has 0 radical (unpaired) electrons. The standard InChI is InChI=1S/C15H12N4O3S2/c1-9-2-3-10(12(6-9)19(21)22)18-13(20)7-24-15-14-11(4-5-23-14)16-8-17-15/h2-6,8H,7H2,1H3,(H,18,20). The molecule has 3 aromatic rings. The lowest BCUT2D eigenvalue weighted by molar-refractivity contribution is -0.384. The number of aryl methyl sites for hydroxylation is 1. The van der Waals surface area contributed by atoms with Crippen LogP contribution in [-0.2, 0) is 4.79 Å². The van der Waals surface area contributed by atoms with Gasteiger partial charge in [-0.3, -0.25) is 14.9 Å².